The fourth-order valence-electron chi connectivity index (χ4n) is 2.43. The van der Waals surface area contributed by atoms with Crippen molar-refractivity contribution in [1.82, 2.24) is 0 Å². The number of amides is 1. The van der Waals surface area contributed by atoms with Gasteiger partial charge in [0.1, 0.15) is 0 Å². The lowest BCUT2D eigenvalue weighted by atomic mass is 9.81. The molecular weight excluding hydrogens is 248 g/mol. The van der Waals surface area contributed by atoms with E-state index in [1.54, 1.807) is 0 Å². The predicted molar refractivity (Wildman–Crippen MR) is 76.8 cm³/mol. The summed E-state index contributed by atoms with van der Waals surface area (Å²) in [6.45, 7) is 0.757. The molecule has 1 amide bonds. The molecule has 0 bridgehead atoms. The lowest BCUT2D eigenvalue weighted by molar-refractivity contribution is -0.121. The highest BCUT2D eigenvalue weighted by molar-refractivity contribution is 5.92. The molecule has 2 rings (SSSR count). The van der Waals surface area contributed by atoms with Crippen molar-refractivity contribution in [2.75, 3.05) is 11.9 Å². The minimum Gasteiger partial charge on any atom is -0.330 e. The van der Waals surface area contributed by atoms with Gasteiger partial charge in [-0.2, -0.15) is 0 Å². The number of hydrogen-bond donors (Lipinski definition) is 2. The smallest absolute Gasteiger partial charge is 0.227 e. The molecule has 1 aliphatic carbocycles. The van der Waals surface area contributed by atoms with E-state index in [-0.39, 0.29) is 24.2 Å². The van der Waals surface area contributed by atoms with E-state index in [4.69, 9.17) is 5.73 Å². The Morgan fingerprint density at radius 3 is 2.33 bits per heavy atom. The number of halogens is 1. The van der Waals surface area contributed by atoms with Crippen molar-refractivity contribution in [3.05, 3.63) is 30.3 Å². The van der Waals surface area contributed by atoms with Gasteiger partial charge in [-0.15, -0.1) is 12.4 Å². The summed E-state index contributed by atoms with van der Waals surface area (Å²) in [5.74, 6) is 0.945. The molecule has 0 saturated heterocycles. The lowest BCUT2D eigenvalue weighted by Gasteiger charge is -2.26. The van der Waals surface area contributed by atoms with Crippen molar-refractivity contribution >= 4 is 24.0 Å². The first-order chi connectivity index (χ1) is 8.29. The van der Waals surface area contributed by atoms with Crippen LogP contribution in [-0.4, -0.2) is 12.5 Å². The van der Waals surface area contributed by atoms with Gasteiger partial charge in [0.15, 0.2) is 0 Å². The zero-order chi connectivity index (χ0) is 12.1. The Hall–Kier alpha value is -1.06. The van der Waals surface area contributed by atoms with Crippen molar-refractivity contribution in [3.8, 4) is 0 Å². The molecular formula is C14H21ClN2O. The van der Waals surface area contributed by atoms with Gasteiger partial charge in [-0.05, 0) is 50.3 Å². The van der Waals surface area contributed by atoms with Gasteiger partial charge in [-0.25, -0.2) is 0 Å². The number of rotatable bonds is 3. The molecule has 3 N–H and O–H groups in total. The van der Waals surface area contributed by atoms with Crippen LogP contribution < -0.4 is 11.1 Å². The summed E-state index contributed by atoms with van der Waals surface area (Å²) >= 11 is 0. The largest absolute Gasteiger partial charge is 0.330 e. The third-order valence-electron chi connectivity index (χ3n) is 3.59. The molecule has 0 atom stereocenters. The SMILES string of the molecule is Cl.NCC1CCC(C(=O)Nc2ccccc2)CC1. The number of carbonyl (C=O) groups excluding carboxylic acids is 1. The molecule has 1 saturated carbocycles. The van der Waals surface area contributed by atoms with Crippen molar-refractivity contribution in [1.29, 1.82) is 0 Å². The zero-order valence-electron chi connectivity index (χ0n) is 10.5. The Kier molecular flexibility index (Phi) is 6.16. The molecule has 0 spiro atoms. The van der Waals surface area contributed by atoms with Crippen molar-refractivity contribution in [3.63, 3.8) is 0 Å². The van der Waals surface area contributed by atoms with E-state index in [1.807, 2.05) is 30.3 Å². The summed E-state index contributed by atoms with van der Waals surface area (Å²) in [6, 6.07) is 9.65. The standard InChI is InChI=1S/C14H20N2O.ClH/c15-10-11-6-8-12(9-7-11)14(17)16-13-4-2-1-3-5-13;/h1-5,11-12H,6-10,15H2,(H,16,17);1H. The van der Waals surface area contributed by atoms with E-state index in [9.17, 15) is 4.79 Å². The summed E-state index contributed by atoms with van der Waals surface area (Å²) in [6.07, 6.45) is 4.12. The highest BCUT2D eigenvalue weighted by Crippen LogP contribution is 2.28. The summed E-state index contributed by atoms with van der Waals surface area (Å²) in [5, 5.41) is 2.97. The predicted octanol–water partition coefficient (Wildman–Crippen LogP) is 2.81. The molecule has 4 heteroatoms. The Bertz CT molecular complexity index is 361. The van der Waals surface area contributed by atoms with Crippen LogP contribution in [0, 0.1) is 11.8 Å². The van der Waals surface area contributed by atoms with E-state index in [1.165, 1.54) is 0 Å². The molecule has 18 heavy (non-hydrogen) atoms. The highest BCUT2D eigenvalue weighted by Gasteiger charge is 2.25. The Balaban J connectivity index is 0.00000162. The van der Waals surface area contributed by atoms with E-state index >= 15 is 0 Å². The van der Waals surface area contributed by atoms with Gasteiger partial charge in [0.05, 0.1) is 0 Å². The third-order valence-corrected chi connectivity index (χ3v) is 3.59. The van der Waals surface area contributed by atoms with Gasteiger partial charge in [0, 0.05) is 11.6 Å². The summed E-state index contributed by atoms with van der Waals surface area (Å²) in [5.41, 5.74) is 6.54. The first-order valence-electron chi connectivity index (χ1n) is 6.35. The molecule has 0 radical (unpaired) electrons. The summed E-state index contributed by atoms with van der Waals surface area (Å²) in [7, 11) is 0. The first-order valence-corrected chi connectivity index (χ1v) is 6.35. The van der Waals surface area contributed by atoms with Gasteiger partial charge in [0.2, 0.25) is 5.91 Å². The first kappa shape index (κ1) is 15.0. The summed E-state index contributed by atoms with van der Waals surface area (Å²) in [4.78, 5) is 12.0. The monoisotopic (exact) mass is 268 g/mol. The fourth-order valence-corrected chi connectivity index (χ4v) is 2.43. The van der Waals surface area contributed by atoms with Gasteiger partial charge >= 0.3 is 0 Å². The highest BCUT2D eigenvalue weighted by atomic mass is 35.5. The average Bonchev–Trinajstić information content (AvgIpc) is 2.40. The van der Waals surface area contributed by atoms with Gasteiger partial charge < -0.3 is 11.1 Å². The molecule has 3 nitrogen and oxygen atoms in total. The van der Waals surface area contributed by atoms with Gasteiger partial charge in [-0.1, -0.05) is 18.2 Å². The number of para-hydroxylation sites is 1. The van der Waals surface area contributed by atoms with Crippen LogP contribution in [0.25, 0.3) is 0 Å². The molecule has 1 aliphatic rings. The van der Waals surface area contributed by atoms with Crippen LogP contribution in [0.1, 0.15) is 25.7 Å². The molecule has 0 aromatic heterocycles. The number of hydrogen-bond acceptors (Lipinski definition) is 2. The second-order valence-electron chi connectivity index (χ2n) is 4.81. The fraction of sp³-hybridized carbons (Fsp3) is 0.500. The molecule has 0 unspecified atom stereocenters. The maximum Gasteiger partial charge on any atom is 0.227 e. The molecule has 1 aromatic rings. The minimum atomic E-state index is 0. The maximum absolute atomic E-state index is 12.0. The van der Waals surface area contributed by atoms with E-state index < -0.39 is 0 Å². The van der Waals surface area contributed by atoms with Crippen LogP contribution in [0.5, 0.6) is 0 Å². The molecule has 0 heterocycles. The normalized spacial score (nSPS) is 22.9. The maximum atomic E-state index is 12.0. The Morgan fingerprint density at radius 1 is 1.17 bits per heavy atom. The number of nitrogens with two attached hydrogens (primary N) is 1. The van der Waals surface area contributed by atoms with Crippen LogP contribution in [0.3, 0.4) is 0 Å². The number of anilines is 1. The minimum absolute atomic E-state index is 0. The molecule has 100 valence electrons. The van der Waals surface area contributed by atoms with Crippen LogP contribution in [-0.2, 0) is 4.79 Å². The second-order valence-corrected chi connectivity index (χ2v) is 4.81. The van der Waals surface area contributed by atoms with Crippen LogP contribution in [0.15, 0.2) is 30.3 Å². The second kappa shape index (κ2) is 7.39. The van der Waals surface area contributed by atoms with E-state index in [2.05, 4.69) is 5.32 Å². The van der Waals surface area contributed by atoms with Gasteiger partial charge in [-0.3, -0.25) is 4.79 Å². The van der Waals surface area contributed by atoms with Crippen LogP contribution in [0.4, 0.5) is 5.69 Å². The Labute approximate surface area is 115 Å². The number of carbonyl (C=O) groups is 1. The van der Waals surface area contributed by atoms with Gasteiger partial charge in [0.25, 0.3) is 0 Å². The zero-order valence-corrected chi connectivity index (χ0v) is 11.3. The van der Waals surface area contributed by atoms with Crippen molar-refractivity contribution in [2.45, 2.75) is 25.7 Å². The van der Waals surface area contributed by atoms with Crippen LogP contribution >= 0.6 is 12.4 Å². The third kappa shape index (κ3) is 4.00. The molecule has 0 aliphatic heterocycles. The van der Waals surface area contributed by atoms with Crippen molar-refractivity contribution < 1.29 is 4.79 Å². The van der Waals surface area contributed by atoms with E-state index in [0.717, 1.165) is 37.9 Å². The van der Waals surface area contributed by atoms with E-state index in [0.29, 0.717) is 5.92 Å². The van der Waals surface area contributed by atoms with Crippen LogP contribution in [0.2, 0.25) is 0 Å². The summed E-state index contributed by atoms with van der Waals surface area (Å²) < 4.78 is 0. The van der Waals surface area contributed by atoms with Crippen molar-refractivity contribution in [2.24, 2.45) is 17.6 Å². The quantitative estimate of drug-likeness (QED) is 0.886. The Morgan fingerprint density at radius 2 is 1.78 bits per heavy atom. The number of benzene rings is 1. The average molecular weight is 269 g/mol. The topological polar surface area (TPSA) is 55.1 Å². The number of nitrogens with one attached hydrogen (secondary N) is 1. The lowest BCUT2D eigenvalue weighted by Crippen LogP contribution is -2.29. The molecule has 1 fully saturated rings. The molecule has 1 aromatic carbocycles.